The molecule has 1 aromatic carbocycles. The van der Waals surface area contributed by atoms with Gasteiger partial charge in [0.1, 0.15) is 28.7 Å². The van der Waals surface area contributed by atoms with E-state index in [9.17, 15) is 8.78 Å². The third-order valence-electron chi connectivity index (χ3n) is 6.00. The maximum atomic E-state index is 13.8. The van der Waals surface area contributed by atoms with Crippen LogP contribution in [0, 0.1) is 32.4 Å². The molecule has 5 aromatic heterocycles. The highest BCUT2D eigenvalue weighted by Gasteiger charge is 2.17. The SMILES string of the molecule is Cc1noc(C)c1-c1cnc2ccn(-c3cnc4nc(C)n(Cc5cc(F)cc(F)c5)c4c3)c2n1. The van der Waals surface area contributed by atoms with E-state index in [0.29, 0.717) is 34.1 Å². The monoisotopic (exact) mass is 471 g/mol. The number of nitrogens with zero attached hydrogens (tertiary/aromatic N) is 7. The summed E-state index contributed by atoms with van der Waals surface area (Å²) in [5.41, 5.74) is 6.13. The number of benzene rings is 1. The fraction of sp³-hybridized carbons (Fsp3) is 0.160. The zero-order valence-electron chi connectivity index (χ0n) is 19.1. The van der Waals surface area contributed by atoms with E-state index in [0.717, 1.165) is 34.0 Å². The van der Waals surface area contributed by atoms with Crippen molar-refractivity contribution in [2.75, 3.05) is 0 Å². The van der Waals surface area contributed by atoms with Gasteiger partial charge in [-0.15, -0.1) is 0 Å². The number of hydrogen-bond acceptors (Lipinski definition) is 6. The molecular weight excluding hydrogens is 452 g/mol. The minimum Gasteiger partial charge on any atom is -0.361 e. The summed E-state index contributed by atoms with van der Waals surface area (Å²) in [7, 11) is 0. The van der Waals surface area contributed by atoms with Crippen molar-refractivity contribution in [1.82, 2.24) is 34.2 Å². The first-order valence-corrected chi connectivity index (χ1v) is 10.9. The zero-order chi connectivity index (χ0) is 24.3. The molecule has 174 valence electrons. The highest BCUT2D eigenvalue weighted by Crippen LogP contribution is 2.28. The van der Waals surface area contributed by atoms with E-state index < -0.39 is 11.6 Å². The lowest BCUT2D eigenvalue weighted by molar-refractivity contribution is 0.393. The molecule has 8 nitrogen and oxygen atoms in total. The first kappa shape index (κ1) is 21.1. The van der Waals surface area contributed by atoms with Crippen molar-refractivity contribution >= 4 is 22.3 Å². The van der Waals surface area contributed by atoms with Crippen LogP contribution in [0.15, 0.2) is 53.4 Å². The normalized spacial score (nSPS) is 11.7. The molecule has 0 aliphatic rings. The molecule has 0 unspecified atom stereocenters. The summed E-state index contributed by atoms with van der Waals surface area (Å²) in [4.78, 5) is 18.4. The van der Waals surface area contributed by atoms with Crippen LogP contribution in [0.4, 0.5) is 8.78 Å². The van der Waals surface area contributed by atoms with Gasteiger partial charge in [0.25, 0.3) is 0 Å². The molecule has 0 bridgehead atoms. The number of hydrogen-bond donors (Lipinski definition) is 0. The predicted octanol–water partition coefficient (Wildman–Crippen LogP) is 5.07. The van der Waals surface area contributed by atoms with Crippen molar-refractivity contribution in [3.05, 3.63) is 83.4 Å². The van der Waals surface area contributed by atoms with Crippen LogP contribution >= 0.6 is 0 Å². The molecule has 6 aromatic rings. The van der Waals surface area contributed by atoms with E-state index in [1.165, 1.54) is 12.1 Å². The van der Waals surface area contributed by atoms with Gasteiger partial charge in [-0.25, -0.2) is 23.7 Å². The molecule has 35 heavy (non-hydrogen) atoms. The van der Waals surface area contributed by atoms with Gasteiger partial charge in [-0.2, -0.15) is 0 Å². The Balaban J connectivity index is 1.47. The summed E-state index contributed by atoms with van der Waals surface area (Å²) in [6, 6.07) is 7.30. The topological polar surface area (TPSA) is 87.5 Å². The minimum absolute atomic E-state index is 0.255. The van der Waals surface area contributed by atoms with Crippen LogP contribution < -0.4 is 0 Å². The van der Waals surface area contributed by atoms with E-state index in [1.54, 1.807) is 12.4 Å². The van der Waals surface area contributed by atoms with Crippen molar-refractivity contribution in [1.29, 1.82) is 0 Å². The molecule has 5 heterocycles. The molecule has 0 atom stereocenters. The van der Waals surface area contributed by atoms with E-state index in [4.69, 9.17) is 9.51 Å². The Labute approximate surface area is 197 Å². The lowest BCUT2D eigenvalue weighted by atomic mass is 10.1. The van der Waals surface area contributed by atoms with Crippen LogP contribution in [-0.4, -0.2) is 34.2 Å². The number of aromatic nitrogens is 7. The van der Waals surface area contributed by atoms with E-state index >= 15 is 0 Å². The molecule has 0 fully saturated rings. The molecule has 0 saturated heterocycles. The standard InChI is InChI=1S/C25H19F2N7O/c1-13-23(14(2)35-32-13)21-11-28-20-4-5-33(25(20)31-21)19-9-22-24(29-10-19)30-15(3)34(22)12-16-6-17(26)8-18(27)7-16/h4-11H,12H2,1-3H3. The number of rotatable bonds is 4. The van der Waals surface area contributed by atoms with Crippen LogP contribution in [0.5, 0.6) is 0 Å². The Hall–Kier alpha value is -4.47. The van der Waals surface area contributed by atoms with Gasteiger partial charge in [-0.05, 0) is 50.6 Å². The second-order valence-corrected chi connectivity index (χ2v) is 8.41. The number of fused-ring (bicyclic) bond motifs is 2. The second-order valence-electron chi connectivity index (χ2n) is 8.41. The average Bonchev–Trinajstić information content (AvgIpc) is 3.48. The first-order valence-electron chi connectivity index (χ1n) is 10.9. The van der Waals surface area contributed by atoms with Crippen molar-refractivity contribution in [2.24, 2.45) is 0 Å². The molecule has 0 saturated carbocycles. The van der Waals surface area contributed by atoms with Crippen molar-refractivity contribution in [3.8, 4) is 16.9 Å². The Morgan fingerprint density at radius 3 is 2.49 bits per heavy atom. The van der Waals surface area contributed by atoms with Gasteiger partial charge >= 0.3 is 0 Å². The lowest BCUT2D eigenvalue weighted by Gasteiger charge is -2.09. The maximum absolute atomic E-state index is 13.8. The third kappa shape index (κ3) is 3.54. The van der Waals surface area contributed by atoms with Gasteiger partial charge in [-0.1, -0.05) is 5.16 Å². The van der Waals surface area contributed by atoms with E-state index in [1.807, 2.05) is 48.2 Å². The number of halogens is 2. The number of imidazole rings is 1. The fourth-order valence-electron chi connectivity index (χ4n) is 4.40. The quantitative estimate of drug-likeness (QED) is 0.357. The molecule has 0 N–H and O–H groups in total. The smallest absolute Gasteiger partial charge is 0.178 e. The molecule has 10 heteroatoms. The van der Waals surface area contributed by atoms with Crippen LogP contribution in [0.25, 0.3) is 39.3 Å². The van der Waals surface area contributed by atoms with Crippen LogP contribution in [0.1, 0.15) is 22.8 Å². The Morgan fingerprint density at radius 1 is 0.943 bits per heavy atom. The van der Waals surface area contributed by atoms with Gasteiger partial charge < -0.3 is 9.09 Å². The van der Waals surface area contributed by atoms with Crippen molar-refractivity contribution in [3.63, 3.8) is 0 Å². The van der Waals surface area contributed by atoms with Gasteiger partial charge in [0, 0.05) is 18.8 Å². The Morgan fingerprint density at radius 2 is 1.74 bits per heavy atom. The summed E-state index contributed by atoms with van der Waals surface area (Å²) in [6.07, 6.45) is 5.29. The molecule has 6 rings (SSSR count). The van der Waals surface area contributed by atoms with E-state index in [-0.39, 0.29) is 6.54 Å². The Bertz CT molecular complexity index is 1710. The van der Waals surface area contributed by atoms with Crippen molar-refractivity contribution in [2.45, 2.75) is 27.3 Å². The van der Waals surface area contributed by atoms with Crippen LogP contribution in [0.2, 0.25) is 0 Å². The van der Waals surface area contributed by atoms with Gasteiger partial charge in [0.15, 0.2) is 11.3 Å². The summed E-state index contributed by atoms with van der Waals surface area (Å²) in [6.45, 7) is 5.79. The fourth-order valence-corrected chi connectivity index (χ4v) is 4.40. The molecule has 0 aliphatic carbocycles. The summed E-state index contributed by atoms with van der Waals surface area (Å²) < 4.78 is 36.6. The summed E-state index contributed by atoms with van der Waals surface area (Å²) >= 11 is 0. The third-order valence-corrected chi connectivity index (χ3v) is 6.00. The Kier molecular flexibility index (Phi) is 4.70. The van der Waals surface area contributed by atoms with Crippen LogP contribution in [0.3, 0.4) is 0 Å². The highest BCUT2D eigenvalue weighted by atomic mass is 19.1. The molecular formula is C25H19F2N7O. The molecule has 0 amide bonds. The highest BCUT2D eigenvalue weighted by molar-refractivity contribution is 5.80. The minimum atomic E-state index is -0.618. The lowest BCUT2D eigenvalue weighted by Crippen LogP contribution is -2.04. The van der Waals surface area contributed by atoms with Crippen LogP contribution in [-0.2, 0) is 6.54 Å². The molecule has 0 spiro atoms. The maximum Gasteiger partial charge on any atom is 0.178 e. The predicted molar refractivity (Wildman–Crippen MR) is 125 cm³/mol. The van der Waals surface area contributed by atoms with E-state index in [2.05, 4.69) is 20.1 Å². The van der Waals surface area contributed by atoms with Gasteiger partial charge in [0.2, 0.25) is 0 Å². The largest absolute Gasteiger partial charge is 0.361 e. The first-order chi connectivity index (χ1) is 16.9. The van der Waals surface area contributed by atoms with Gasteiger partial charge in [-0.3, -0.25) is 9.55 Å². The van der Waals surface area contributed by atoms with Crippen molar-refractivity contribution < 1.29 is 13.3 Å². The molecule has 0 aliphatic heterocycles. The average molecular weight is 471 g/mol. The second kappa shape index (κ2) is 7.79. The zero-order valence-corrected chi connectivity index (χ0v) is 19.1. The molecule has 0 radical (unpaired) electrons. The number of pyridine rings is 1. The van der Waals surface area contributed by atoms with Gasteiger partial charge in [0.05, 0.1) is 40.5 Å². The summed E-state index contributed by atoms with van der Waals surface area (Å²) in [5, 5.41) is 4.02. The summed E-state index contributed by atoms with van der Waals surface area (Å²) in [5.74, 6) is 0.123. The number of aryl methyl sites for hydroxylation is 3.